The van der Waals surface area contributed by atoms with Crippen molar-refractivity contribution in [2.24, 2.45) is 5.16 Å². The van der Waals surface area contributed by atoms with Crippen LogP contribution < -0.4 is 0 Å². The van der Waals surface area contributed by atoms with E-state index in [2.05, 4.69) is 5.16 Å². The van der Waals surface area contributed by atoms with Crippen LogP contribution in [0.5, 0.6) is 0 Å². The van der Waals surface area contributed by atoms with Crippen molar-refractivity contribution >= 4 is 11.6 Å². The molecule has 148 valence electrons. The van der Waals surface area contributed by atoms with Crippen LogP contribution in [0.25, 0.3) is 0 Å². The van der Waals surface area contributed by atoms with E-state index in [1.165, 1.54) is 24.1 Å². The lowest BCUT2D eigenvalue weighted by molar-refractivity contribution is -0.137. The molecule has 1 heterocycles. The van der Waals surface area contributed by atoms with Crippen molar-refractivity contribution in [2.45, 2.75) is 19.1 Å². The molecule has 0 fully saturated rings. The second-order valence-corrected chi connectivity index (χ2v) is 6.39. The number of hydrogen-bond acceptors (Lipinski definition) is 4. The van der Waals surface area contributed by atoms with Gasteiger partial charge in [0.05, 0.1) is 12.3 Å². The smallest absolute Gasteiger partial charge is 0.248 e. The Morgan fingerprint density at radius 1 is 1.21 bits per heavy atom. The lowest BCUT2D eigenvalue weighted by Gasteiger charge is -2.25. The zero-order chi connectivity index (χ0) is 20.1. The van der Waals surface area contributed by atoms with E-state index in [1.807, 2.05) is 0 Å². The topological polar surface area (TPSA) is 51.1 Å². The third kappa shape index (κ3) is 4.69. The molecule has 1 atom stereocenters. The molecule has 0 unspecified atom stereocenters. The van der Waals surface area contributed by atoms with Crippen LogP contribution in [0.3, 0.4) is 0 Å². The van der Waals surface area contributed by atoms with Gasteiger partial charge in [-0.1, -0.05) is 29.4 Å². The quantitative estimate of drug-likeness (QED) is 0.727. The zero-order valence-electron chi connectivity index (χ0n) is 15.2. The molecule has 0 aromatic heterocycles. The van der Waals surface area contributed by atoms with Gasteiger partial charge >= 0.3 is 0 Å². The lowest BCUT2D eigenvalue weighted by atomic mass is 10.0. The molecule has 1 aliphatic rings. The van der Waals surface area contributed by atoms with E-state index in [1.54, 1.807) is 18.2 Å². The Balaban J connectivity index is 1.70. The summed E-state index contributed by atoms with van der Waals surface area (Å²) in [7, 11) is 1.38. The van der Waals surface area contributed by atoms with Gasteiger partial charge in [0.25, 0.3) is 0 Å². The van der Waals surface area contributed by atoms with E-state index in [0.29, 0.717) is 17.7 Å². The molecule has 2 aromatic rings. The summed E-state index contributed by atoms with van der Waals surface area (Å²) in [6.45, 7) is -0.180. The largest absolute Gasteiger partial charge is 0.390 e. The summed E-state index contributed by atoms with van der Waals surface area (Å²) >= 11 is 0. The molecule has 2 aromatic carbocycles. The molecular formula is C20H19F3N2O3. The van der Waals surface area contributed by atoms with E-state index < -0.39 is 23.6 Å². The van der Waals surface area contributed by atoms with Gasteiger partial charge in [0, 0.05) is 37.3 Å². The van der Waals surface area contributed by atoms with Crippen LogP contribution in [0.4, 0.5) is 13.2 Å². The Hall–Kier alpha value is -2.87. The standard InChI is InChI=1S/C20H19F3N2O3/c1-27-12-20(26)25(10-13-6-7-14(21)8-18(13)23)11-15-9-19(24-28-15)16-4-2-3-5-17(16)22/h2-8,15H,9-12H2,1H3/t15-/m0/s1. The SMILES string of the molecule is COCC(=O)N(Cc1ccc(F)cc1F)C[C@@H]1CC(c2ccccc2F)=NO1. The summed E-state index contributed by atoms with van der Waals surface area (Å²) in [6.07, 6.45) is -0.220. The van der Waals surface area contributed by atoms with Crippen molar-refractivity contribution in [1.82, 2.24) is 4.90 Å². The lowest BCUT2D eigenvalue weighted by Crippen LogP contribution is -2.39. The van der Waals surface area contributed by atoms with Gasteiger partial charge in [-0.15, -0.1) is 0 Å². The molecule has 8 heteroatoms. The number of carbonyl (C=O) groups is 1. The highest BCUT2D eigenvalue weighted by molar-refractivity contribution is 6.01. The Morgan fingerprint density at radius 2 is 2.00 bits per heavy atom. The third-order valence-corrected chi connectivity index (χ3v) is 4.34. The second-order valence-electron chi connectivity index (χ2n) is 6.39. The molecule has 0 saturated carbocycles. The number of benzene rings is 2. The molecule has 0 N–H and O–H groups in total. The number of amides is 1. The number of halogens is 3. The number of methoxy groups -OCH3 is 1. The van der Waals surface area contributed by atoms with Gasteiger partial charge in [0.2, 0.25) is 5.91 Å². The predicted molar refractivity (Wildman–Crippen MR) is 96.1 cm³/mol. The first-order valence-corrected chi connectivity index (χ1v) is 8.66. The Bertz CT molecular complexity index is 889. The van der Waals surface area contributed by atoms with E-state index in [9.17, 15) is 18.0 Å². The molecule has 0 aliphatic carbocycles. The maximum atomic E-state index is 14.0. The van der Waals surface area contributed by atoms with Gasteiger partial charge in [0.15, 0.2) is 6.10 Å². The van der Waals surface area contributed by atoms with Gasteiger partial charge in [-0.3, -0.25) is 4.79 Å². The minimum atomic E-state index is -0.745. The summed E-state index contributed by atoms with van der Waals surface area (Å²) in [5.41, 5.74) is 0.943. The number of rotatable bonds is 7. The van der Waals surface area contributed by atoms with Gasteiger partial charge < -0.3 is 14.5 Å². The van der Waals surface area contributed by atoms with Crippen LogP contribution in [0, 0.1) is 17.5 Å². The zero-order valence-corrected chi connectivity index (χ0v) is 15.2. The summed E-state index contributed by atoms with van der Waals surface area (Å²) < 4.78 is 45.9. The number of oxime groups is 1. The maximum Gasteiger partial charge on any atom is 0.248 e. The highest BCUT2D eigenvalue weighted by Gasteiger charge is 2.28. The highest BCUT2D eigenvalue weighted by Crippen LogP contribution is 2.21. The fourth-order valence-corrected chi connectivity index (χ4v) is 2.95. The van der Waals surface area contributed by atoms with E-state index in [-0.39, 0.29) is 31.2 Å². The van der Waals surface area contributed by atoms with Crippen LogP contribution in [-0.2, 0) is 20.9 Å². The summed E-state index contributed by atoms with van der Waals surface area (Å²) in [6, 6.07) is 9.38. The van der Waals surface area contributed by atoms with Crippen molar-refractivity contribution < 1.29 is 27.5 Å². The summed E-state index contributed by atoms with van der Waals surface area (Å²) in [5.74, 6) is -2.23. The molecule has 28 heavy (non-hydrogen) atoms. The average molecular weight is 392 g/mol. The highest BCUT2D eigenvalue weighted by atomic mass is 19.1. The fraction of sp³-hybridized carbons (Fsp3) is 0.300. The average Bonchev–Trinajstić information content (AvgIpc) is 3.12. The van der Waals surface area contributed by atoms with Crippen LogP contribution in [0.2, 0.25) is 0 Å². The van der Waals surface area contributed by atoms with Crippen LogP contribution in [0.1, 0.15) is 17.5 Å². The maximum absolute atomic E-state index is 14.0. The molecule has 1 aliphatic heterocycles. The predicted octanol–water partition coefficient (Wildman–Crippen LogP) is 3.27. The van der Waals surface area contributed by atoms with Crippen LogP contribution in [-0.4, -0.2) is 42.9 Å². The first-order valence-electron chi connectivity index (χ1n) is 8.66. The molecule has 0 radical (unpaired) electrons. The minimum Gasteiger partial charge on any atom is -0.390 e. The number of nitrogens with zero attached hydrogens (tertiary/aromatic N) is 2. The van der Waals surface area contributed by atoms with Crippen LogP contribution >= 0.6 is 0 Å². The number of hydrogen-bond donors (Lipinski definition) is 0. The van der Waals surface area contributed by atoms with Gasteiger partial charge in [-0.2, -0.15) is 0 Å². The van der Waals surface area contributed by atoms with Crippen molar-refractivity contribution in [2.75, 3.05) is 20.3 Å². The Labute approximate surface area is 160 Å². The monoisotopic (exact) mass is 392 g/mol. The molecule has 3 rings (SSSR count). The summed E-state index contributed by atoms with van der Waals surface area (Å²) in [4.78, 5) is 19.1. The molecular weight excluding hydrogens is 373 g/mol. The van der Waals surface area contributed by atoms with Gasteiger partial charge in [-0.25, -0.2) is 13.2 Å². The first kappa shape index (κ1) is 19.9. The minimum absolute atomic E-state index is 0.0802. The number of carbonyl (C=O) groups excluding carboxylic acids is 1. The van der Waals surface area contributed by atoms with Crippen molar-refractivity contribution in [3.05, 3.63) is 71.0 Å². The first-order chi connectivity index (χ1) is 13.5. The fourth-order valence-electron chi connectivity index (χ4n) is 2.95. The number of ether oxygens (including phenoxy) is 1. The van der Waals surface area contributed by atoms with Crippen LogP contribution in [0.15, 0.2) is 47.6 Å². The molecule has 0 saturated heterocycles. The normalized spacial score (nSPS) is 15.9. The third-order valence-electron chi connectivity index (χ3n) is 4.34. The van der Waals surface area contributed by atoms with E-state index in [0.717, 1.165) is 12.1 Å². The van der Waals surface area contributed by atoms with Crippen molar-refractivity contribution in [1.29, 1.82) is 0 Å². The second kappa shape index (κ2) is 8.88. The Kier molecular flexibility index (Phi) is 6.30. The van der Waals surface area contributed by atoms with Gasteiger partial charge in [0.1, 0.15) is 24.1 Å². The van der Waals surface area contributed by atoms with Crippen molar-refractivity contribution in [3.63, 3.8) is 0 Å². The van der Waals surface area contributed by atoms with Crippen molar-refractivity contribution in [3.8, 4) is 0 Å². The van der Waals surface area contributed by atoms with E-state index >= 15 is 0 Å². The molecule has 0 bridgehead atoms. The molecule has 1 amide bonds. The van der Waals surface area contributed by atoms with Gasteiger partial charge in [-0.05, 0) is 12.1 Å². The molecule has 0 spiro atoms. The Morgan fingerprint density at radius 3 is 2.71 bits per heavy atom. The summed E-state index contributed by atoms with van der Waals surface area (Å²) in [5, 5.41) is 3.93. The molecule has 5 nitrogen and oxygen atoms in total. The van der Waals surface area contributed by atoms with E-state index in [4.69, 9.17) is 9.57 Å².